The molecule has 0 saturated carbocycles. The molecule has 0 aliphatic carbocycles. The number of likely N-dealkylation sites (tertiary alicyclic amines) is 1. The standard InChI is InChI=1S/C37H45BrN8O7/c1-44-20-25(18-26(21-44)42-30-19-41-45(2)37(51)33(30)38)23-6-8-24(9-7-23)34(48)40-13-15-53-17-16-52-14-12-39-29-5-3-4-27-28(29)22-46(36(27)50)31-10-11-32(47)43-35(31)49/h3-9,19,25-26,31,39,42H,10-18,20-22H2,1-2H3,(H,40,48)(H,43,47,49)/t25-,26+,31?/m1/s1. The zero-order valence-electron chi connectivity index (χ0n) is 29.9. The van der Waals surface area contributed by atoms with Crippen molar-refractivity contribution in [2.24, 2.45) is 7.05 Å². The topological polar surface area (TPSA) is 176 Å². The van der Waals surface area contributed by atoms with Gasteiger partial charge in [0.2, 0.25) is 11.8 Å². The van der Waals surface area contributed by atoms with Gasteiger partial charge in [-0.25, -0.2) is 4.68 Å². The molecule has 2 saturated heterocycles. The monoisotopic (exact) mass is 792 g/mol. The van der Waals surface area contributed by atoms with Crippen molar-refractivity contribution in [1.82, 2.24) is 30.2 Å². The van der Waals surface area contributed by atoms with Crippen molar-refractivity contribution in [3.63, 3.8) is 0 Å². The maximum absolute atomic E-state index is 13.0. The summed E-state index contributed by atoms with van der Waals surface area (Å²) in [5, 5.41) is 16.2. The van der Waals surface area contributed by atoms with Crippen molar-refractivity contribution < 1.29 is 28.7 Å². The first kappa shape index (κ1) is 38.1. The third-order valence-corrected chi connectivity index (χ3v) is 10.5. The van der Waals surface area contributed by atoms with Gasteiger partial charge in [0.15, 0.2) is 0 Å². The molecule has 6 rings (SSSR count). The number of fused-ring (bicyclic) bond motifs is 1. The molecule has 3 atom stereocenters. The summed E-state index contributed by atoms with van der Waals surface area (Å²) in [5.41, 5.74) is 4.41. The molecule has 0 radical (unpaired) electrons. The number of aryl methyl sites for hydroxylation is 1. The van der Waals surface area contributed by atoms with E-state index in [9.17, 15) is 24.0 Å². The molecule has 2 fully saturated rings. The van der Waals surface area contributed by atoms with E-state index in [1.165, 1.54) is 9.58 Å². The van der Waals surface area contributed by atoms with Crippen LogP contribution in [0.1, 0.15) is 57.0 Å². The normalized spacial score (nSPS) is 20.2. The number of piperidine rings is 2. The average molecular weight is 794 g/mol. The SMILES string of the molecule is CN1C[C@@H](Nc2cnn(C)c(=O)c2Br)C[C@@H](c2ccc(C(=O)NCCOCCOCCNc3cccc4c3CN(C3CCC(=O)NC3=O)C4=O)cc2)C1. The number of nitrogens with one attached hydrogen (secondary N) is 4. The summed E-state index contributed by atoms with van der Waals surface area (Å²) < 4.78 is 13.1. The molecule has 15 nitrogen and oxygen atoms in total. The third-order valence-electron chi connectivity index (χ3n) is 9.76. The molecule has 3 aliphatic heterocycles. The Bertz CT molecular complexity index is 1890. The minimum atomic E-state index is -0.654. The summed E-state index contributed by atoms with van der Waals surface area (Å²) in [4.78, 5) is 65.7. The lowest BCUT2D eigenvalue weighted by atomic mass is 9.87. The predicted octanol–water partition coefficient (Wildman–Crippen LogP) is 2.08. The Balaban J connectivity index is 0.854. The van der Waals surface area contributed by atoms with Crippen molar-refractivity contribution in [3.05, 3.63) is 85.7 Å². The van der Waals surface area contributed by atoms with Gasteiger partial charge < -0.3 is 35.2 Å². The smallest absolute Gasteiger partial charge is 0.282 e. The highest BCUT2D eigenvalue weighted by Gasteiger charge is 2.39. The van der Waals surface area contributed by atoms with E-state index in [1.54, 1.807) is 25.4 Å². The molecular formula is C37H45BrN8O7. The minimum absolute atomic E-state index is 0.124. The van der Waals surface area contributed by atoms with Crippen LogP contribution in [0.2, 0.25) is 0 Å². The molecule has 16 heteroatoms. The Labute approximate surface area is 315 Å². The number of hydrogen-bond acceptors (Lipinski definition) is 11. The first-order valence-electron chi connectivity index (χ1n) is 17.8. The Hall–Kier alpha value is -4.64. The fourth-order valence-electron chi connectivity index (χ4n) is 7.07. The molecule has 2 aromatic carbocycles. The second-order valence-corrected chi connectivity index (χ2v) is 14.4. The van der Waals surface area contributed by atoms with Gasteiger partial charge in [0.1, 0.15) is 10.5 Å². The van der Waals surface area contributed by atoms with Crippen molar-refractivity contribution >= 4 is 50.9 Å². The number of amides is 4. The first-order valence-corrected chi connectivity index (χ1v) is 18.6. The second kappa shape index (κ2) is 17.5. The second-order valence-electron chi connectivity index (χ2n) is 13.6. The molecule has 3 aliphatic rings. The lowest BCUT2D eigenvalue weighted by Crippen LogP contribution is -2.52. The number of carbonyl (C=O) groups excluding carboxylic acids is 4. The Morgan fingerprint density at radius 1 is 0.962 bits per heavy atom. The zero-order chi connectivity index (χ0) is 37.5. The number of imide groups is 1. The highest BCUT2D eigenvalue weighted by Crippen LogP contribution is 2.32. The van der Waals surface area contributed by atoms with E-state index in [1.807, 2.05) is 30.3 Å². The minimum Gasteiger partial charge on any atom is -0.382 e. The number of likely N-dealkylation sites (N-methyl/N-ethyl adjacent to an activating group) is 1. The number of benzene rings is 2. The maximum atomic E-state index is 13.0. The molecule has 4 amide bonds. The number of ether oxygens (including phenoxy) is 2. The van der Waals surface area contributed by atoms with Crippen molar-refractivity contribution in [2.45, 2.75) is 43.8 Å². The molecule has 0 bridgehead atoms. The average Bonchev–Trinajstić information content (AvgIpc) is 3.48. The van der Waals surface area contributed by atoms with Gasteiger partial charge in [-0.3, -0.25) is 29.3 Å². The van der Waals surface area contributed by atoms with Crippen molar-refractivity contribution in [3.8, 4) is 0 Å². The van der Waals surface area contributed by atoms with Crippen molar-refractivity contribution in [1.29, 1.82) is 0 Å². The molecule has 1 unspecified atom stereocenters. The van der Waals surface area contributed by atoms with Crippen LogP contribution in [-0.2, 0) is 32.7 Å². The summed E-state index contributed by atoms with van der Waals surface area (Å²) in [5.74, 6) is -0.858. The largest absolute Gasteiger partial charge is 0.382 e. The van der Waals surface area contributed by atoms with E-state index in [4.69, 9.17) is 9.47 Å². The van der Waals surface area contributed by atoms with Gasteiger partial charge in [-0.15, -0.1) is 0 Å². The van der Waals surface area contributed by atoms with Crippen LogP contribution in [0.5, 0.6) is 0 Å². The molecule has 3 aromatic rings. The molecular weight excluding hydrogens is 748 g/mol. The fourth-order valence-corrected chi connectivity index (χ4v) is 7.55. The first-order chi connectivity index (χ1) is 25.6. The molecule has 1 aromatic heterocycles. The number of anilines is 2. The van der Waals surface area contributed by atoms with Crippen LogP contribution in [0, 0.1) is 0 Å². The van der Waals surface area contributed by atoms with Crippen LogP contribution < -0.4 is 26.8 Å². The van der Waals surface area contributed by atoms with E-state index in [0.717, 1.165) is 36.3 Å². The van der Waals surface area contributed by atoms with Gasteiger partial charge in [0.05, 0.1) is 38.3 Å². The number of hydrogen-bond donors (Lipinski definition) is 4. The molecule has 0 spiro atoms. The van der Waals surface area contributed by atoms with Crippen LogP contribution in [0.25, 0.3) is 0 Å². The lowest BCUT2D eigenvalue weighted by molar-refractivity contribution is -0.136. The van der Waals surface area contributed by atoms with E-state index in [2.05, 4.69) is 54.2 Å². The molecule has 282 valence electrons. The fraction of sp³-hybridized carbons (Fsp3) is 0.459. The van der Waals surface area contributed by atoms with Gasteiger partial charge in [0.25, 0.3) is 17.4 Å². The summed E-state index contributed by atoms with van der Waals surface area (Å²) in [6.45, 7) is 4.43. The van der Waals surface area contributed by atoms with Gasteiger partial charge in [-0.05, 0) is 71.6 Å². The summed E-state index contributed by atoms with van der Waals surface area (Å²) >= 11 is 3.40. The van der Waals surface area contributed by atoms with Gasteiger partial charge in [0, 0.05) is 74.6 Å². The van der Waals surface area contributed by atoms with Gasteiger partial charge in [-0.1, -0.05) is 18.2 Å². The van der Waals surface area contributed by atoms with Crippen LogP contribution in [0.3, 0.4) is 0 Å². The van der Waals surface area contributed by atoms with E-state index >= 15 is 0 Å². The van der Waals surface area contributed by atoms with Crippen molar-refractivity contribution in [2.75, 3.05) is 70.3 Å². The number of aromatic nitrogens is 2. The third kappa shape index (κ3) is 9.30. The summed E-state index contributed by atoms with van der Waals surface area (Å²) in [6, 6.07) is 12.6. The maximum Gasteiger partial charge on any atom is 0.282 e. The van der Waals surface area contributed by atoms with Crippen LogP contribution >= 0.6 is 15.9 Å². The van der Waals surface area contributed by atoms with E-state index in [-0.39, 0.29) is 41.7 Å². The molecule has 53 heavy (non-hydrogen) atoms. The van der Waals surface area contributed by atoms with Crippen LogP contribution in [0.15, 0.2) is 57.9 Å². The predicted molar refractivity (Wildman–Crippen MR) is 201 cm³/mol. The highest BCUT2D eigenvalue weighted by molar-refractivity contribution is 9.10. The zero-order valence-corrected chi connectivity index (χ0v) is 31.4. The lowest BCUT2D eigenvalue weighted by Gasteiger charge is -2.37. The summed E-state index contributed by atoms with van der Waals surface area (Å²) in [7, 11) is 3.70. The van der Waals surface area contributed by atoms with E-state index < -0.39 is 11.9 Å². The number of halogens is 1. The Kier molecular flexibility index (Phi) is 12.5. The molecule has 4 heterocycles. The Morgan fingerprint density at radius 2 is 1.72 bits per heavy atom. The summed E-state index contributed by atoms with van der Waals surface area (Å²) in [6.07, 6.45) is 3.07. The molecule has 4 N–H and O–H groups in total. The number of rotatable bonds is 15. The highest BCUT2D eigenvalue weighted by atomic mass is 79.9. The van der Waals surface area contributed by atoms with Crippen LogP contribution in [-0.4, -0.2) is 115 Å². The van der Waals surface area contributed by atoms with Gasteiger partial charge in [-0.2, -0.15) is 5.10 Å². The van der Waals surface area contributed by atoms with Gasteiger partial charge >= 0.3 is 0 Å². The number of carbonyl (C=O) groups is 4. The number of nitrogens with zero attached hydrogens (tertiary/aromatic N) is 4. The quantitative estimate of drug-likeness (QED) is 0.131. The van der Waals surface area contributed by atoms with E-state index in [0.29, 0.717) is 73.8 Å². The van der Waals surface area contributed by atoms with Crippen LogP contribution in [0.4, 0.5) is 11.4 Å². The Morgan fingerprint density at radius 3 is 2.47 bits per heavy atom.